The molecule has 1 aliphatic rings. The zero-order valence-corrected chi connectivity index (χ0v) is 9.32. The van der Waals surface area contributed by atoms with Crippen LogP contribution in [0.15, 0.2) is 24.3 Å². The van der Waals surface area contributed by atoms with E-state index in [1.165, 1.54) is 17.7 Å². The third-order valence-corrected chi connectivity index (χ3v) is 3.27. The summed E-state index contributed by atoms with van der Waals surface area (Å²) in [7, 11) is 0. The van der Waals surface area contributed by atoms with Crippen molar-refractivity contribution in [3.8, 4) is 0 Å². The van der Waals surface area contributed by atoms with Gasteiger partial charge >= 0.3 is 0 Å². The van der Waals surface area contributed by atoms with E-state index in [2.05, 4.69) is 36.1 Å². The van der Waals surface area contributed by atoms with Gasteiger partial charge < -0.3 is 10.0 Å². The van der Waals surface area contributed by atoms with Crippen LogP contribution in [0, 0.1) is 0 Å². The molecule has 1 N–H and O–H groups in total. The summed E-state index contributed by atoms with van der Waals surface area (Å²) in [4.78, 5) is 2.36. The first-order chi connectivity index (χ1) is 7.36. The Bertz CT molecular complexity index is 324. The van der Waals surface area contributed by atoms with Crippen molar-refractivity contribution in [2.24, 2.45) is 0 Å². The lowest BCUT2D eigenvalue weighted by Crippen LogP contribution is -2.32. The molecule has 1 heterocycles. The third kappa shape index (κ3) is 2.00. The molecule has 1 atom stereocenters. The van der Waals surface area contributed by atoms with Gasteiger partial charge in [-0.1, -0.05) is 25.1 Å². The van der Waals surface area contributed by atoms with Gasteiger partial charge in [0.05, 0.1) is 12.6 Å². The Hall–Kier alpha value is -1.02. The lowest BCUT2D eigenvalue weighted by Gasteiger charge is -2.27. The van der Waals surface area contributed by atoms with Gasteiger partial charge in [0.1, 0.15) is 0 Å². The molecular weight excluding hydrogens is 186 g/mol. The second kappa shape index (κ2) is 4.67. The van der Waals surface area contributed by atoms with E-state index in [1.807, 2.05) is 0 Å². The molecular formula is C13H19NO. The van der Waals surface area contributed by atoms with Crippen LogP contribution in [0.4, 0.5) is 5.69 Å². The Morgan fingerprint density at radius 1 is 1.40 bits per heavy atom. The maximum Gasteiger partial charge on any atom is 0.0635 e. The summed E-state index contributed by atoms with van der Waals surface area (Å²) in [5.41, 5.74) is 2.70. The molecule has 0 saturated carbocycles. The third-order valence-electron chi connectivity index (χ3n) is 3.27. The number of aliphatic hydroxyl groups is 1. The van der Waals surface area contributed by atoms with Crippen LogP contribution in [-0.4, -0.2) is 24.3 Å². The van der Waals surface area contributed by atoms with Gasteiger partial charge in [-0.05, 0) is 30.9 Å². The average Bonchev–Trinajstić information content (AvgIpc) is 2.76. The van der Waals surface area contributed by atoms with Gasteiger partial charge in [0.25, 0.3) is 0 Å². The average molecular weight is 205 g/mol. The largest absolute Gasteiger partial charge is 0.394 e. The summed E-state index contributed by atoms with van der Waals surface area (Å²) >= 11 is 0. The summed E-state index contributed by atoms with van der Waals surface area (Å²) in [6.45, 7) is 3.54. The number of rotatable bonds is 3. The number of benzene rings is 1. The molecule has 1 fully saturated rings. The van der Waals surface area contributed by atoms with Gasteiger partial charge in [0.15, 0.2) is 0 Å². The topological polar surface area (TPSA) is 23.5 Å². The molecule has 1 saturated heterocycles. The molecule has 2 heteroatoms. The Balaban J connectivity index is 2.27. The van der Waals surface area contributed by atoms with Crippen molar-refractivity contribution in [1.82, 2.24) is 0 Å². The first-order valence-corrected chi connectivity index (χ1v) is 5.82. The summed E-state index contributed by atoms with van der Waals surface area (Å²) < 4.78 is 0. The summed E-state index contributed by atoms with van der Waals surface area (Å²) in [5.74, 6) is 0. The van der Waals surface area contributed by atoms with E-state index < -0.39 is 0 Å². The fourth-order valence-electron chi connectivity index (χ4n) is 2.43. The maximum atomic E-state index is 9.32. The zero-order valence-electron chi connectivity index (χ0n) is 9.32. The van der Waals surface area contributed by atoms with Gasteiger partial charge in [0.2, 0.25) is 0 Å². The van der Waals surface area contributed by atoms with Crippen LogP contribution in [0.1, 0.15) is 25.3 Å². The molecule has 2 rings (SSSR count). The summed E-state index contributed by atoms with van der Waals surface area (Å²) in [6, 6.07) is 8.86. The number of aryl methyl sites for hydroxylation is 1. The molecule has 1 aliphatic heterocycles. The smallest absolute Gasteiger partial charge is 0.0635 e. The number of aliphatic hydroxyl groups excluding tert-OH is 1. The van der Waals surface area contributed by atoms with Crippen LogP contribution in [-0.2, 0) is 6.42 Å². The van der Waals surface area contributed by atoms with E-state index in [9.17, 15) is 5.11 Å². The lowest BCUT2D eigenvalue weighted by atomic mass is 10.1. The molecule has 1 aromatic rings. The highest BCUT2D eigenvalue weighted by molar-refractivity contribution is 5.55. The number of anilines is 1. The van der Waals surface area contributed by atoms with Gasteiger partial charge in [-0.3, -0.25) is 0 Å². The van der Waals surface area contributed by atoms with Crippen molar-refractivity contribution in [3.63, 3.8) is 0 Å². The van der Waals surface area contributed by atoms with Crippen LogP contribution >= 0.6 is 0 Å². The number of nitrogens with zero attached hydrogens (tertiary/aromatic N) is 1. The summed E-state index contributed by atoms with van der Waals surface area (Å²) in [5, 5.41) is 9.32. The quantitative estimate of drug-likeness (QED) is 0.817. The SMILES string of the molecule is CCc1ccccc1N1CCCC1CO. The predicted octanol–water partition coefficient (Wildman–Crippen LogP) is 2.21. The van der Waals surface area contributed by atoms with E-state index in [0.717, 1.165) is 19.4 Å². The molecule has 0 aromatic heterocycles. The minimum absolute atomic E-state index is 0.276. The van der Waals surface area contributed by atoms with Crippen LogP contribution in [0.2, 0.25) is 0 Å². The Kier molecular flexibility index (Phi) is 3.27. The highest BCUT2D eigenvalue weighted by Crippen LogP contribution is 2.28. The van der Waals surface area contributed by atoms with Gasteiger partial charge in [-0.15, -0.1) is 0 Å². The van der Waals surface area contributed by atoms with Crippen molar-refractivity contribution in [1.29, 1.82) is 0 Å². The fourth-order valence-corrected chi connectivity index (χ4v) is 2.43. The van der Waals surface area contributed by atoms with Crippen LogP contribution in [0.3, 0.4) is 0 Å². The minimum Gasteiger partial charge on any atom is -0.394 e. The molecule has 15 heavy (non-hydrogen) atoms. The van der Waals surface area contributed by atoms with E-state index in [0.29, 0.717) is 6.04 Å². The van der Waals surface area contributed by atoms with Crippen molar-refractivity contribution in [2.75, 3.05) is 18.1 Å². The van der Waals surface area contributed by atoms with E-state index in [-0.39, 0.29) is 6.61 Å². The maximum absolute atomic E-state index is 9.32. The highest BCUT2D eigenvalue weighted by Gasteiger charge is 2.24. The number of hydrogen-bond acceptors (Lipinski definition) is 2. The van der Waals surface area contributed by atoms with Crippen molar-refractivity contribution >= 4 is 5.69 Å². The van der Waals surface area contributed by atoms with E-state index >= 15 is 0 Å². The van der Waals surface area contributed by atoms with Crippen LogP contribution in [0.25, 0.3) is 0 Å². The van der Waals surface area contributed by atoms with E-state index in [1.54, 1.807) is 0 Å². The molecule has 0 radical (unpaired) electrons. The second-order valence-corrected chi connectivity index (χ2v) is 4.15. The Morgan fingerprint density at radius 3 is 2.93 bits per heavy atom. The molecule has 0 amide bonds. The van der Waals surface area contributed by atoms with Gasteiger partial charge in [-0.2, -0.15) is 0 Å². The molecule has 0 spiro atoms. The molecule has 82 valence electrons. The monoisotopic (exact) mass is 205 g/mol. The van der Waals surface area contributed by atoms with Crippen molar-refractivity contribution in [2.45, 2.75) is 32.2 Å². The normalized spacial score (nSPS) is 20.9. The highest BCUT2D eigenvalue weighted by atomic mass is 16.3. The number of hydrogen-bond donors (Lipinski definition) is 1. The Morgan fingerprint density at radius 2 is 2.20 bits per heavy atom. The van der Waals surface area contributed by atoms with E-state index in [4.69, 9.17) is 0 Å². The van der Waals surface area contributed by atoms with Gasteiger partial charge in [-0.25, -0.2) is 0 Å². The van der Waals surface area contributed by atoms with Crippen LogP contribution in [0.5, 0.6) is 0 Å². The molecule has 2 nitrogen and oxygen atoms in total. The fraction of sp³-hybridized carbons (Fsp3) is 0.538. The standard InChI is InChI=1S/C13H19NO/c1-2-11-6-3-4-8-13(11)14-9-5-7-12(14)10-15/h3-4,6,8,12,15H,2,5,7,9-10H2,1H3. The first kappa shape index (κ1) is 10.5. The molecule has 0 aliphatic carbocycles. The number of para-hydroxylation sites is 1. The first-order valence-electron chi connectivity index (χ1n) is 5.82. The lowest BCUT2D eigenvalue weighted by molar-refractivity contribution is 0.266. The van der Waals surface area contributed by atoms with Crippen LogP contribution < -0.4 is 4.90 Å². The minimum atomic E-state index is 0.276. The molecule has 1 aromatic carbocycles. The van der Waals surface area contributed by atoms with Crippen molar-refractivity contribution in [3.05, 3.63) is 29.8 Å². The Labute approximate surface area is 91.5 Å². The predicted molar refractivity (Wildman–Crippen MR) is 63.3 cm³/mol. The molecule has 0 bridgehead atoms. The van der Waals surface area contributed by atoms with Gasteiger partial charge in [0, 0.05) is 12.2 Å². The summed E-state index contributed by atoms with van der Waals surface area (Å²) in [6.07, 6.45) is 3.38. The molecule has 1 unspecified atom stereocenters. The second-order valence-electron chi connectivity index (χ2n) is 4.15. The zero-order chi connectivity index (χ0) is 10.7. The van der Waals surface area contributed by atoms with Crippen molar-refractivity contribution < 1.29 is 5.11 Å².